The van der Waals surface area contributed by atoms with Crippen molar-refractivity contribution >= 4 is 57.9 Å². The Morgan fingerprint density at radius 3 is 2.39 bits per heavy atom. The zero-order valence-corrected chi connectivity index (χ0v) is 22.3. The van der Waals surface area contributed by atoms with Gasteiger partial charge in [0.2, 0.25) is 0 Å². The van der Waals surface area contributed by atoms with Gasteiger partial charge in [0.05, 0.1) is 32.6 Å². The van der Waals surface area contributed by atoms with Gasteiger partial charge in [0, 0.05) is 5.02 Å². The molecule has 186 valence electrons. The van der Waals surface area contributed by atoms with Crippen molar-refractivity contribution in [2.45, 2.75) is 31.2 Å². The first-order valence-corrected chi connectivity index (χ1v) is 13.2. The Bertz CT molecular complexity index is 1360. The molecule has 0 unspecified atom stereocenters. The molecule has 1 aromatic heterocycles. The van der Waals surface area contributed by atoms with Crippen LogP contribution in [-0.2, 0) is 12.0 Å². The molecule has 2 aromatic carbocycles. The summed E-state index contributed by atoms with van der Waals surface area (Å²) < 4.78 is 0.477. The lowest BCUT2D eigenvalue weighted by molar-refractivity contribution is 0.0642. The smallest absolute Gasteiger partial charge is 0.265 e. The average Bonchev–Trinajstić information content (AvgIpc) is 3.45. The fourth-order valence-corrected chi connectivity index (χ4v) is 5.82. The van der Waals surface area contributed by atoms with E-state index >= 15 is 0 Å². The van der Waals surface area contributed by atoms with E-state index in [9.17, 15) is 14.4 Å². The molecule has 1 fully saturated rings. The summed E-state index contributed by atoms with van der Waals surface area (Å²) in [6.07, 6.45) is 3.49. The zero-order chi connectivity index (χ0) is 25.6. The number of anilines is 1. The molecule has 0 spiro atoms. The van der Waals surface area contributed by atoms with Gasteiger partial charge in [-0.25, -0.2) is 0 Å². The van der Waals surface area contributed by atoms with Crippen LogP contribution in [-0.4, -0.2) is 48.2 Å². The number of thiophene rings is 1. The first-order chi connectivity index (χ1) is 17.2. The molecule has 3 amide bonds. The Morgan fingerprint density at radius 1 is 1.06 bits per heavy atom. The van der Waals surface area contributed by atoms with Gasteiger partial charge in [-0.15, -0.1) is 11.3 Å². The lowest BCUT2D eigenvalue weighted by atomic mass is 9.91. The highest BCUT2D eigenvalue weighted by Gasteiger charge is 2.43. The van der Waals surface area contributed by atoms with Crippen LogP contribution in [0.4, 0.5) is 5.69 Å². The third-order valence-electron chi connectivity index (χ3n) is 6.88. The first kappa shape index (κ1) is 25.0. The highest BCUT2D eigenvalue weighted by atomic mass is 35.5. The second-order valence-corrected chi connectivity index (χ2v) is 11.8. The van der Waals surface area contributed by atoms with E-state index in [4.69, 9.17) is 23.2 Å². The summed E-state index contributed by atoms with van der Waals surface area (Å²) in [5, 5.41) is 2.98. The molecule has 1 saturated carbocycles. The molecule has 9 heteroatoms. The normalized spacial score (nSPS) is 16.0. The van der Waals surface area contributed by atoms with Crippen LogP contribution < -0.4 is 5.32 Å². The molecule has 1 N–H and O–H groups in total. The SMILES string of the molecule is CN(C)CCC1(c2ccc(CN3C(=O)c4cc(Cl)cc(NC(=O)c5ccc(Cl)s5)c4C3=O)cc2)CC1. The number of amides is 3. The van der Waals surface area contributed by atoms with E-state index < -0.39 is 17.7 Å². The third kappa shape index (κ3) is 4.81. The van der Waals surface area contributed by atoms with Crippen molar-refractivity contribution in [3.63, 3.8) is 0 Å². The molecule has 2 aliphatic rings. The van der Waals surface area contributed by atoms with Crippen LogP contribution in [0.15, 0.2) is 48.5 Å². The van der Waals surface area contributed by atoms with Crippen LogP contribution >= 0.6 is 34.5 Å². The van der Waals surface area contributed by atoms with E-state index in [-0.39, 0.29) is 33.8 Å². The van der Waals surface area contributed by atoms with E-state index in [2.05, 4.69) is 36.4 Å². The summed E-state index contributed by atoms with van der Waals surface area (Å²) in [4.78, 5) is 43.0. The number of carbonyl (C=O) groups is 3. The number of hydrogen-bond donors (Lipinski definition) is 1. The summed E-state index contributed by atoms with van der Waals surface area (Å²) >= 11 is 13.3. The molecule has 36 heavy (non-hydrogen) atoms. The average molecular weight is 542 g/mol. The maximum Gasteiger partial charge on any atom is 0.265 e. The van der Waals surface area contributed by atoms with Gasteiger partial charge < -0.3 is 10.2 Å². The van der Waals surface area contributed by atoms with Crippen molar-refractivity contribution in [2.75, 3.05) is 26.0 Å². The van der Waals surface area contributed by atoms with Crippen LogP contribution in [0.2, 0.25) is 9.36 Å². The summed E-state index contributed by atoms with van der Waals surface area (Å²) in [6, 6.07) is 14.4. The minimum Gasteiger partial charge on any atom is -0.320 e. The number of rotatable bonds is 8. The Morgan fingerprint density at radius 2 is 1.78 bits per heavy atom. The minimum absolute atomic E-state index is 0.142. The van der Waals surface area contributed by atoms with Gasteiger partial charge in [0.15, 0.2) is 0 Å². The number of halogens is 2. The van der Waals surface area contributed by atoms with Crippen LogP contribution in [0.1, 0.15) is 60.8 Å². The predicted octanol–water partition coefficient (Wildman–Crippen LogP) is 6.09. The van der Waals surface area contributed by atoms with Crippen LogP contribution in [0, 0.1) is 0 Å². The number of benzene rings is 2. The van der Waals surface area contributed by atoms with Gasteiger partial charge in [-0.05, 0) is 80.7 Å². The summed E-state index contributed by atoms with van der Waals surface area (Å²) in [7, 11) is 4.17. The summed E-state index contributed by atoms with van der Waals surface area (Å²) in [5.41, 5.74) is 2.96. The standard InChI is InChI=1S/C27H25Cl2N3O3S/c1-31(2)12-11-27(9-10-27)17-5-3-16(4-6-17)15-32-25(34)19-13-18(28)14-20(23(19)26(32)35)30-24(33)21-7-8-22(29)36-21/h3-8,13-14H,9-12,15H2,1-2H3,(H,30,33). The van der Waals surface area contributed by atoms with E-state index in [0.717, 1.165) is 29.9 Å². The van der Waals surface area contributed by atoms with Gasteiger partial charge >= 0.3 is 0 Å². The van der Waals surface area contributed by atoms with Gasteiger partial charge in [-0.1, -0.05) is 47.5 Å². The lowest BCUT2D eigenvalue weighted by Crippen LogP contribution is -2.29. The second-order valence-electron chi connectivity index (χ2n) is 9.66. The highest BCUT2D eigenvalue weighted by Crippen LogP contribution is 2.51. The minimum atomic E-state index is -0.458. The van der Waals surface area contributed by atoms with Crippen molar-refractivity contribution in [3.05, 3.63) is 85.0 Å². The predicted molar refractivity (Wildman–Crippen MR) is 143 cm³/mol. The van der Waals surface area contributed by atoms with E-state index in [1.165, 1.54) is 35.4 Å². The topological polar surface area (TPSA) is 69.7 Å². The molecule has 2 heterocycles. The molecule has 0 atom stereocenters. The summed E-state index contributed by atoms with van der Waals surface area (Å²) in [6.45, 7) is 1.18. The lowest BCUT2D eigenvalue weighted by Gasteiger charge is -2.19. The highest BCUT2D eigenvalue weighted by molar-refractivity contribution is 7.18. The number of imide groups is 1. The molecule has 0 radical (unpaired) electrons. The van der Waals surface area contributed by atoms with Crippen LogP contribution in [0.25, 0.3) is 0 Å². The zero-order valence-electron chi connectivity index (χ0n) is 19.9. The molecule has 0 saturated heterocycles. The van der Waals surface area contributed by atoms with Crippen LogP contribution in [0.3, 0.4) is 0 Å². The Hall–Kier alpha value is -2.71. The van der Waals surface area contributed by atoms with E-state index in [1.807, 2.05) is 12.1 Å². The number of nitrogens with one attached hydrogen (secondary N) is 1. The summed E-state index contributed by atoms with van der Waals surface area (Å²) in [5.74, 6) is -1.31. The number of carbonyl (C=O) groups excluding carboxylic acids is 3. The molecular formula is C27H25Cl2N3O3S. The van der Waals surface area contributed by atoms with Gasteiger partial charge in [-0.3, -0.25) is 19.3 Å². The number of fused-ring (bicyclic) bond motifs is 1. The molecule has 6 nitrogen and oxygen atoms in total. The van der Waals surface area contributed by atoms with E-state index in [1.54, 1.807) is 12.1 Å². The van der Waals surface area contributed by atoms with Crippen molar-refractivity contribution in [1.82, 2.24) is 9.80 Å². The molecule has 3 aromatic rings. The van der Waals surface area contributed by atoms with Crippen molar-refractivity contribution < 1.29 is 14.4 Å². The fourth-order valence-electron chi connectivity index (χ4n) is 4.66. The largest absolute Gasteiger partial charge is 0.320 e. The number of hydrogen-bond acceptors (Lipinski definition) is 5. The van der Waals surface area contributed by atoms with Crippen molar-refractivity contribution in [2.24, 2.45) is 0 Å². The van der Waals surface area contributed by atoms with Crippen molar-refractivity contribution in [1.29, 1.82) is 0 Å². The molecule has 1 aliphatic heterocycles. The molecule has 0 bridgehead atoms. The number of nitrogens with zero attached hydrogens (tertiary/aromatic N) is 2. The fraction of sp³-hybridized carbons (Fsp3) is 0.296. The third-order valence-corrected chi connectivity index (χ3v) is 8.33. The molecular weight excluding hydrogens is 517 g/mol. The van der Waals surface area contributed by atoms with Crippen molar-refractivity contribution in [3.8, 4) is 0 Å². The Kier molecular flexibility index (Phi) is 6.68. The maximum atomic E-state index is 13.3. The second kappa shape index (κ2) is 9.63. The van der Waals surface area contributed by atoms with Gasteiger partial charge in [0.25, 0.3) is 17.7 Å². The van der Waals surface area contributed by atoms with Crippen LogP contribution in [0.5, 0.6) is 0 Å². The molecule has 1 aliphatic carbocycles. The first-order valence-electron chi connectivity index (χ1n) is 11.7. The van der Waals surface area contributed by atoms with Gasteiger partial charge in [-0.2, -0.15) is 0 Å². The van der Waals surface area contributed by atoms with E-state index in [0.29, 0.717) is 9.21 Å². The van der Waals surface area contributed by atoms with Gasteiger partial charge in [0.1, 0.15) is 0 Å². The Balaban J connectivity index is 1.35. The Labute approximate surface area is 223 Å². The quantitative estimate of drug-likeness (QED) is 0.350. The molecule has 5 rings (SSSR count). The maximum absolute atomic E-state index is 13.3. The monoisotopic (exact) mass is 541 g/mol.